The molecule has 3 aliphatic rings. The third-order valence-electron chi connectivity index (χ3n) is 7.23. The number of hydrogen-bond acceptors (Lipinski definition) is 5. The zero-order valence-electron chi connectivity index (χ0n) is 17.0. The number of fused-ring (bicyclic) bond motifs is 1. The summed E-state index contributed by atoms with van der Waals surface area (Å²) in [5, 5.41) is 4.26. The lowest BCUT2D eigenvalue weighted by Crippen LogP contribution is -2.46. The Hall–Kier alpha value is -2.22. The first-order valence-corrected chi connectivity index (χ1v) is 11.1. The number of aromatic amines is 1. The number of amides is 1. The zero-order valence-corrected chi connectivity index (χ0v) is 17.0. The number of nitrogens with zero attached hydrogens (tertiary/aromatic N) is 6. The van der Waals surface area contributed by atoms with Crippen molar-refractivity contribution in [3.8, 4) is 0 Å². The van der Waals surface area contributed by atoms with Crippen LogP contribution in [0.4, 0.5) is 0 Å². The molecule has 0 bridgehead atoms. The molecule has 2 aromatic rings. The summed E-state index contributed by atoms with van der Waals surface area (Å²) in [6.07, 6.45) is 12.0. The summed E-state index contributed by atoms with van der Waals surface area (Å²) in [4.78, 5) is 29.5. The third kappa shape index (κ3) is 4.08. The van der Waals surface area contributed by atoms with Crippen molar-refractivity contribution < 1.29 is 4.79 Å². The lowest BCUT2D eigenvalue weighted by Gasteiger charge is -2.41. The second-order valence-electron chi connectivity index (χ2n) is 8.91. The first-order valence-electron chi connectivity index (χ1n) is 11.1. The van der Waals surface area contributed by atoms with Crippen LogP contribution in [-0.2, 0) is 24.3 Å². The number of hydrogen-bond donors (Lipinski definition) is 1. The average molecular weight is 398 g/mol. The molecular formula is C21H31N7O. The maximum Gasteiger partial charge on any atom is 0.227 e. The Balaban J connectivity index is 1.08. The molecule has 0 saturated carbocycles. The molecule has 5 heterocycles. The molecule has 8 heteroatoms. The number of aryl methyl sites for hydroxylation is 1. The van der Waals surface area contributed by atoms with Crippen LogP contribution in [0.3, 0.4) is 0 Å². The van der Waals surface area contributed by atoms with Crippen molar-refractivity contribution in [3.05, 3.63) is 30.4 Å². The number of carbonyl (C=O) groups excluding carboxylic acids is 1. The summed E-state index contributed by atoms with van der Waals surface area (Å²) in [7, 11) is 0. The predicted molar refractivity (Wildman–Crippen MR) is 108 cm³/mol. The van der Waals surface area contributed by atoms with Gasteiger partial charge < -0.3 is 9.88 Å². The average Bonchev–Trinajstić information content (AvgIpc) is 3.45. The molecule has 0 aliphatic carbocycles. The van der Waals surface area contributed by atoms with Gasteiger partial charge in [0.25, 0.3) is 0 Å². The number of likely N-dealkylation sites (tertiary alicyclic amines) is 2. The fourth-order valence-corrected chi connectivity index (χ4v) is 5.47. The molecular weight excluding hydrogens is 366 g/mol. The Kier molecular flexibility index (Phi) is 5.35. The van der Waals surface area contributed by atoms with Gasteiger partial charge in [-0.05, 0) is 57.0 Å². The number of imidazole rings is 1. The van der Waals surface area contributed by atoms with Crippen LogP contribution >= 0.6 is 0 Å². The van der Waals surface area contributed by atoms with Crippen LogP contribution in [-0.4, -0.2) is 66.6 Å². The highest BCUT2D eigenvalue weighted by Gasteiger charge is 2.34. The van der Waals surface area contributed by atoms with E-state index in [1.807, 2.05) is 17.1 Å². The van der Waals surface area contributed by atoms with Crippen LogP contribution in [0.25, 0.3) is 0 Å². The highest BCUT2D eigenvalue weighted by atomic mass is 16.2. The van der Waals surface area contributed by atoms with Crippen molar-refractivity contribution in [2.24, 2.45) is 17.8 Å². The summed E-state index contributed by atoms with van der Waals surface area (Å²) >= 11 is 0. The Morgan fingerprint density at radius 3 is 2.52 bits per heavy atom. The number of nitrogens with one attached hydrogen (secondary N) is 1. The lowest BCUT2D eigenvalue weighted by atomic mass is 9.78. The first-order chi connectivity index (χ1) is 14.3. The standard InChI is InChI=1S/C21H31N7O/c29-21(18-1-2-20-24-15-25-28(20)13-18)27-11-5-17(6-12-27)16-3-9-26(10-4-16)14-19-22-7-8-23-19/h7-8,15-18H,1-6,9-14H2,(H,22,23). The topological polar surface area (TPSA) is 82.9 Å². The molecule has 0 spiro atoms. The predicted octanol–water partition coefficient (Wildman–Crippen LogP) is 1.71. The van der Waals surface area contributed by atoms with Crippen LogP contribution in [0.2, 0.25) is 0 Å². The molecule has 0 aromatic carbocycles. The molecule has 2 aromatic heterocycles. The lowest BCUT2D eigenvalue weighted by molar-refractivity contribution is -0.138. The van der Waals surface area contributed by atoms with Crippen molar-refractivity contribution in [3.63, 3.8) is 0 Å². The summed E-state index contributed by atoms with van der Waals surface area (Å²) < 4.78 is 1.91. The summed E-state index contributed by atoms with van der Waals surface area (Å²) in [5.74, 6) is 4.08. The number of carbonyl (C=O) groups is 1. The van der Waals surface area contributed by atoms with Gasteiger partial charge in [-0.1, -0.05) is 0 Å². The minimum Gasteiger partial charge on any atom is -0.348 e. The number of rotatable bonds is 4. The summed E-state index contributed by atoms with van der Waals surface area (Å²) in [6, 6.07) is 0. The largest absolute Gasteiger partial charge is 0.348 e. The Labute approximate surface area is 171 Å². The maximum atomic E-state index is 13.0. The van der Waals surface area contributed by atoms with Crippen LogP contribution in [0.15, 0.2) is 18.7 Å². The van der Waals surface area contributed by atoms with Crippen molar-refractivity contribution in [2.75, 3.05) is 26.2 Å². The quantitative estimate of drug-likeness (QED) is 0.849. The van der Waals surface area contributed by atoms with Gasteiger partial charge in [0.2, 0.25) is 5.91 Å². The van der Waals surface area contributed by atoms with E-state index in [9.17, 15) is 4.79 Å². The van der Waals surface area contributed by atoms with Gasteiger partial charge in [-0.2, -0.15) is 5.10 Å². The second kappa shape index (κ2) is 8.26. The number of aromatic nitrogens is 5. The number of H-pyrrole nitrogens is 1. The molecule has 1 N–H and O–H groups in total. The highest BCUT2D eigenvalue weighted by Crippen LogP contribution is 2.33. The van der Waals surface area contributed by atoms with E-state index in [1.54, 1.807) is 6.33 Å². The maximum absolute atomic E-state index is 13.0. The van der Waals surface area contributed by atoms with Crippen molar-refractivity contribution in [1.82, 2.24) is 34.5 Å². The van der Waals surface area contributed by atoms with E-state index in [4.69, 9.17) is 0 Å². The van der Waals surface area contributed by atoms with Gasteiger partial charge in [-0.15, -0.1) is 0 Å². The minimum absolute atomic E-state index is 0.0746. The van der Waals surface area contributed by atoms with Gasteiger partial charge >= 0.3 is 0 Å². The van der Waals surface area contributed by atoms with E-state index < -0.39 is 0 Å². The number of piperidine rings is 2. The second-order valence-corrected chi connectivity index (χ2v) is 8.91. The monoisotopic (exact) mass is 397 g/mol. The smallest absolute Gasteiger partial charge is 0.227 e. The highest BCUT2D eigenvalue weighted by molar-refractivity contribution is 5.79. The SMILES string of the molecule is O=C(C1CCc2ncnn2C1)N1CCC(C2CCN(Cc3ncc[nH]3)CC2)CC1. The third-order valence-corrected chi connectivity index (χ3v) is 7.23. The van der Waals surface area contributed by atoms with Gasteiger partial charge in [-0.3, -0.25) is 9.69 Å². The molecule has 1 unspecified atom stereocenters. The van der Waals surface area contributed by atoms with Crippen molar-refractivity contribution in [1.29, 1.82) is 0 Å². The van der Waals surface area contributed by atoms with E-state index in [0.717, 1.165) is 81.9 Å². The minimum atomic E-state index is 0.0746. The molecule has 1 amide bonds. The first kappa shape index (κ1) is 18.8. The van der Waals surface area contributed by atoms with E-state index >= 15 is 0 Å². The fourth-order valence-electron chi connectivity index (χ4n) is 5.47. The van der Waals surface area contributed by atoms with E-state index in [2.05, 4.69) is 29.9 Å². The Bertz CT molecular complexity index is 801. The molecule has 8 nitrogen and oxygen atoms in total. The molecule has 0 radical (unpaired) electrons. The molecule has 2 fully saturated rings. The molecule has 156 valence electrons. The fraction of sp³-hybridized carbons (Fsp3) is 0.714. The van der Waals surface area contributed by atoms with Crippen LogP contribution < -0.4 is 0 Å². The molecule has 3 aliphatic heterocycles. The van der Waals surface area contributed by atoms with E-state index in [0.29, 0.717) is 12.5 Å². The zero-order chi connectivity index (χ0) is 19.6. The Morgan fingerprint density at radius 1 is 1.03 bits per heavy atom. The summed E-state index contributed by atoms with van der Waals surface area (Å²) in [5.41, 5.74) is 0. The van der Waals surface area contributed by atoms with Gasteiger partial charge in [0.1, 0.15) is 18.0 Å². The van der Waals surface area contributed by atoms with Gasteiger partial charge in [0, 0.05) is 31.9 Å². The van der Waals surface area contributed by atoms with Gasteiger partial charge in [-0.25, -0.2) is 14.6 Å². The Morgan fingerprint density at radius 2 is 1.79 bits per heavy atom. The van der Waals surface area contributed by atoms with Crippen molar-refractivity contribution >= 4 is 5.91 Å². The van der Waals surface area contributed by atoms with E-state index in [1.165, 1.54) is 12.8 Å². The summed E-state index contributed by atoms with van der Waals surface area (Å²) in [6.45, 7) is 5.80. The normalized spacial score (nSPS) is 24.6. The van der Waals surface area contributed by atoms with Crippen LogP contribution in [0, 0.1) is 17.8 Å². The van der Waals surface area contributed by atoms with Crippen molar-refractivity contribution in [2.45, 2.75) is 51.6 Å². The van der Waals surface area contributed by atoms with Gasteiger partial charge in [0.05, 0.1) is 19.0 Å². The molecule has 29 heavy (non-hydrogen) atoms. The van der Waals surface area contributed by atoms with Gasteiger partial charge in [0.15, 0.2) is 0 Å². The van der Waals surface area contributed by atoms with Crippen LogP contribution in [0.1, 0.15) is 43.8 Å². The van der Waals surface area contributed by atoms with E-state index in [-0.39, 0.29) is 5.92 Å². The molecule has 2 saturated heterocycles. The van der Waals surface area contributed by atoms with Crippen LogP contribution in [0.5, 0.6) is 0 Å². The molecule has 1 atom stereocenters. The molecule has 5 rings (SSSR count).